The lowest BCUT2D eigenvalue weighted by atomic mass is 9.99. The topological polar surface area (TPSA) is 49.3 Å². The Balaban J connectivity index is 2.31. The Hall–Kier alpha value is -2.29. The molecule has 0 aromatic heterocycles. The van der Waals surface area contributed by atoms with E-state index in [2.05, 4.69) is 5.32 Å². The van der Waals surface area contributed by atoms with Crippen LogP contribution in [-0.4, -0.2) is 11.0 Å². The van der Waals surface area contributed by atoms with Crippen molar-refractivity contribution in [3.63, 3.8) is 0 Å². The molecular weight excluding hydrogens is 250 g/mol. The maximum Gasteiger partial charge on any atom is 0.256 e. The highest BCUT2D eigenvalue weighted by atomic mass is 16.3. The van der Waals surface area contributed by atoms with E-state index >= 15 is 0 Å². The van der Waals surface area contributed by atoms with Gasteiger partial charge in [0.25, 0.3) is 5.91 Å². The number of benzene rings is 2. The number of phenols is 1. The van der Waals surface area contributed by atoms with Crippen LogP contribution in [0.25, 0.3) is 0 Å². The van der Waals surface area contributed by atoms with E-state index in [0.29, 0.717) is 11.3 Å². The van der Waals surface area contributed by atoms with Gasteiger partial charge < -0.3 is 10.4 Å². The molecule has 0 atom stereocenters. The van der Waals surface area contributed by atoms with Gasteiger partial charge in [0.1, 0.15) is 5.75 Å². The predicted octanol–water partition coefficient (Wildman–Crippen LogP) is 3.88. The van der Waals surface area contributed by atoms with Crippen molar-refractivity contribution in [3.8, 4) is 5.75 Å². The zero-order valence-corrected chi connectivity index (χ0v) is 12.2. The van der Waals surface area contributed by atoms with E-state index in [-0.39, 0.29) is 11.7 Å². The van der Waals surface area contributed by atoms with Crippen LogP contribution in [0.1, 0.15) is 32.6 Å². The van der Waals surface area contributed by atoms with Crippen LogP contribution in [0.15, 0.2) is 30.3 Å². The second kappa shape index (κ2) is 5.37. The SMILES string of the molecule is Cc1cc(C)c(C(=O)Nc2ccc(O)c(C)c2)c(C)c1. The first-order valence-corrected chi connectivity index (χ1v) is 6.57. The summed E-state index contributed by atoms with van der Waals surface area (Å²) in [6.07, 6.45) is 0. The summed E-state index contributed by atoms with van der Waals surface area (Å²) in [5.74, 6) is 0.107. The first kappa shape index (κ1) is 14.1. The van der Waals surface area contributed by atoms with Gasteiger partial charge in [-0.3, -0.25) is 4.79 Å². The highest BCUT2D eigenvalue weighted by molar-refractivity contribution is 6.06. The van der Waals surface area contributed by atoms with E-state index < -0.39 is 0 Å². The van der Waals surface area contributed by atoms with Gasteiger partial charge in [-0.05, 0) is 62.6 Å². The van der Waals surface area contributed by atoms with Gasteiger partial charge in [-0.15, -0.1) is 0 Å². The molecule has 2 aromatic carbocycles. The lowest BCUT2D eigenvalue weighted by Gasteiger charge is -2.12. The third-order valence-electron chi connectivity index (χ3n) is 3.36. The average molecular weight is 269 g/mol. The Morgan fingerprint density at radius 3 is 2.10 bits per heavy atom. The lowest BCUT2D eigenvalue weighted by molar-refractivity contribution is 0.102. The molecule has 20 heavy (non-hydrogen) atoms. The van der Waals surface area contributed by atoms with Crippen molar-refractivity contribution in [2.75, 3.05) is 5.32 Å². The molecule has 0 heterocycles. The van der Waals surface area contributed by atoms with Crippen LogP contribution in [0.5, 0.6) is 5.75 Å². The number of carbonyl (C=O) groups is 1. The van der Waals surface area contributed by atoms with E-state index in [1.165, 1.54) is 0 Å². The third-order valence-corrected chi connectivity index (χ3v) is 3.36. The fourth-order valence-corrected chi connectivity index (χ4v) is 2.46. The van der Waals surface area contributed by atoms with Crippen molar-refractivity contribution in [1.29, 1.82) is 0 Å². The Bertz CT molecular complexity index is 652. The normalized spacial score (nSPS) is 10.4. The largest absolute Gasteiger partial charge is 0.508 e. The van der Waals surface area contributed by atoms with Crippen molar-refractivity contribution < 1.29 is 9.90 Å². The van der Waals surface area contributed by atoms with E-state index in [1.807, 2.05) is 32.9 Å². The summed E-state index contributed by atoms with van der Waals surface area (Å²) in [4.78, 5) is 12.4. The molecule has 0 aliphatic heterocycles. The number of amides is 1. The zero-order chi connectivity index (χ0) is 14.9. The van der Waals surface area contributed by atoms with E-state index in [9.17, 15) is 9.90 Å². The van der Waals surface area contributed by atoms with Crippen LogP contribution in [0.2, 0.25) is 0 Å². The predicted molar refractivity (Wildman–Crippen MR) is 81.5 cm³/mol. The molecule has 0 spiro atoms. The molecule has 2 rings (SSSR count). The molecule has 0 aliphatic rings. The van der Waals surface area contributed by atoms with Crippen LogP contribution in [-0.2, 0) is 0 Å². The van der Waals surface area contributed by atoms with Crippen molar-refractivity contribution in [1.82, 2.24) is 0 Å². The summed E-state index contributed by atoms with van der Waals surface area (Å²) < 4.78 is 0. The molecule has 0 unspecified atom stereocenters. The number of rotatable bonds is 2. The van der Waals surface area contributed by atoms with Gasteiger partial charge >= 0.3 is 0 Å². The van der Waals surface area contributed by atoms with Gasteiger partial charge in [-0.1, -0.05) is 17.7 Å². The van der Waals surface area contributed by atoms with Crippen LogP contribution in [0.3, 0.4) is 0 Å². The average Bonchev–Trinajstić information content (AvgIpc) is 2.32. The minimum absolute atomic E-state index is 0.120. The third kappa shape index (κ3) is 2.82. The monoisotopic (exact) mass is 269 g/mol. The van der Waals surface area contributed by atoms with E-state index in [0.717, 1.165) is 22.3 Å². The van der Waals surface area contributed by atoms with E-state index in [1.54, 1.807) is 25.1 Å². The van der Waals surface area contributed by atoms with Crippen LogP contribution < -0.4 is 5.32 Å². The fraction of sp³-hybridized carbons (Fsp3) is 0.235. The van der Waals surface area contributed by atoms with Gasteiger partial charge in [-0.2, -0.15) is 0 Å². The van der Waals surface area contributed by atoms with Gasteiger partial charge in [0.15, 0.2) is 0 Å². The van der Waals surface area contributed by atoms with Crippen LogP contribution in [0, 0.1) is 27.7 Å². The maximum absolute atomic E-state index is 12.4. The molecule has 0 aliphatic carbocycles. The number of phenolic OH excluding ortho intramolecular Hbond substituents is 1. The first-order valence-electron chi connectivity index (χ1n) is 6.57. The molecule has 3 nitrogen and oxygen atoms in total. The quantitative estimate of drug-likeness (QED) is 0.813. The Kier molecular flexibility index (Phi) is 3.79. The smallest absolute Gasteiger partial charge is 0.256 e. The second-order valence-corrected chi connectivity index (χ2v) is 5.23. The van der Waals surface area contributed by atoms with Crippen molar-refractivity contribution in [3.05, 3.63) is 58.1 Å². The molecule has 3 heteroatoms. The fourth-order valence-electron chi connectivity index (χ4n) is 2.46. The van der Waals surface area contributed by atoms with E-state index in [4.69, 9.17) is 0 Å². The molecule has 0 fully saturated rings. The lowest BCUT2D eigenvalue weighted by Crippen LogP contribution is -2.15. The van der Waals surface area contributed by atoms with Gasteiger partial charge in [-0.25, -0.2) is 0 Å². The first-order chi connectivity index (χ1) is 9.38. The molecule has 0 bridgehead atoms. The molecule has 104 valence electrons. The zero-order valence-electron chi connectivity index (χ0n) is 12.2. The number of carbonyl (C=O) groups excluding carboxylic acids is 1. The molecule has 2 aromatic rings. The Labute approximate surface area is 119 Å². The van der Waals surface area contributed by atoms with Gasteiger partial charge in [0, 0.05) is 11.3 Å². The minimum Gasteiger partial charge on any atom is -0.508 e. The van der Waals surface area contributed by atoms with Crippen LogP contribution >= 0.6 is 0 Å². The summed E-state index contributed by atoms with van der Waals surface area (Å²) >= 11 is 0. The summed E-state index contributed by atoms with van der Waals surface area (Å²) in [5, 5.41) is 12.4. The molecule has 0 saturated heterocycles. The summed E-state index contributed by atoms with van der Waals surface area (Å²) in [6, 6.07) is 9.04. The number of aryl methyl sites for hydroxylation is 4. The number of hydrogen-bond acceptors (Lipinski definition) is 2. The maximum atomic E-state index is 12.4. The molecule has 2 N–H and O–H groups in total. The van der Waals surface area contributed by atoms with Crippen molar-refractivity contribution in [2.24, 2.45) is 0 Å². The highest BCUT2D eigenvalue weighted by Crippen LogP contribution is 2.22. The Morgan fingerprint density at radius 2 is 1.55 bits per heavy atom. The highest BCUT2D eigenvalue weighted by Gasteiger charge is 2.13. The summed E-state index contributed by atoms with van der Waals surface area (Å²) in [5.41, 5.74) is 5.22. The standard InChI is InChI=1S/C17H19NO2/c1-10-7-12(3)16(13(4)8-10)17(20)18-14-5-6-15(19)11(2)9-14/h5-9,19H,1-4H3,(H,18,20). The van der Waals surface area contributed by atoms with Gasteiger partial charge in [0.2, 0.25) is 0 Å². The molecule has 0 saturated carbocycles. The summed E-state index contributed by atoms with van der Waals surface area (Å²) in [7, 11) is 0. The summed E-state index contributed by atoms with van der Waals surface area (Å²) in [6.45, 7) is 7.70. The van der Waals surface area contributed by atoms with Crippen molar-refractivity contribution in [2.45, 2.75) is 27.7 Å². The number of hydrogen-bond donors (Lipinski definition) is 2. The Morgan fingerprint density at radius 1 is 0.950 bits per heavy atom. The second-order valence-electron chi connectivity index (χ2n) is 5.23. The number of anilines is 1. The molecule has 0 radical (unpaired) electrons. The van der Waals surface area contributed by atoms with Gasteiger partial charge in [0.05, 0.1) is 0 Å². The number of nitrogens with one attached hydrogen (secondary N) is 1. The molecular formula is C17H19NO2. The number of aromatic hydroxyl groups is 1. The minimum atomic E-state index is -0.120. The molecule has 1 amide bonds. The van der Waals surface area contributed by atoms with Crippen molar-refractivity contribution >= 4 is 11.6 Å². The van der Waals surface area contributed by atoms with Crippen LogP contribution in [0.4, 0.5) is 5.69 Å².